The minimum atomic E-state index is -3.89. The van der Waals surface area contributed by atoms with Gasteiger partial charge in [-0.1, -0.05) is 0 Å². The zero-order chi connectivity index (χ0) is 19.9. The zero-order valence-corrected chi connectivity index (χ0v) is 15.3. The molecule has 0 spiro atoms. The topological polar surface area (TPSA) is 96.7 Å². The molecule has 0 bridgehead atoms. The summed E-state index contributed by atoms with van der Waals surface area (Å²) in [7, 11) is -3.89. The van der Waals surface area contributed by atoms with Crippen LogP contribution >= 0.6 is 0 Å². The first-order valence-electron chi connectivity index (χ1n) is 8.44. The lowest BCUT2D eigenvalue weighted by molar-refractivity contribution is -0.117. The quantitative estimate of drug-likeness (QED) is 0.674. The van der Waals surface area contributed by atoms with E-state index in [9.17, 15) is 22.4 Å². The van der Waals surface area contributed by atoms with Crippen molar-refractivity contribution in [3.05, 3.63) is 70.8 Å². The summed E-state index contributed by atoms with van der Waals surface area (Å²) in [6, 6.07) is 11.7. The van der Waals surface area contributed by atoms with Crippen molar-refractivity contribution in [2.45, 2.75) is 17.4 Å². The highest BCUT2D eigenvalue weighted by Gasteiger charge is 2.33. The molecule has 1 fully saturated rings. The number of nitrogens with one attached hydrogen (secondary N) is 1. The summed E-state index contributed by atoms with van der Waals surface area (Å²) in [5.74, 6) is -0.667. The van der Waals surface area contributed by atoms with Crippen LogP contribution in [-0.4, -0.2) is 26.9 Å². The minimum Gasteiger partial charge on any atom is -0.423 e. The van der Waals surface area contributed by atoms with Gasteiger partial charge in [0, 0.05) is 36.1 Å². The van der Waals surface area contributed by atoms with Gasteiger partial charge in [-0.2, -0.15) is 0 Å². The van der Waals surface area contributed by atoms with Crippen molar-refractivity contribution in [2.24, 2.45) is 0 Å². The Morgan fingerprint density at radius 3 is 2.54 bits per heavy atom. The molecule has 1 N–H and O–H groups in total. The van der Waals surface area contributed by atoms with Gasteiger partial charge in [-0.15, -0.1) is 0 Å². The number of anilines is 1. The number of fused-ring (bicyclic) bond motifs is 1. The van der Waals surface area contributed by atoms with Crippen LogP contribution in [0.2, 0.25) is 0 Å². The van der Waals surface area contributed by atoms with Crippen molar-refractivity contribution >= 4 is 32.6 Å². The van der Waals surface area contributed by atoms with Gasteiger partial charge in [-0.25, -0.2) is 22.3 Å². The van der Waals surface area contributed by atoms with Gasteiger partial charge in [0.2, 0.25) is 15.9 Å². The summed E-state index contributed by atoms with van der Waals surface area (Å²) < 4.78 is 46.0. The van der Waals surface area contributed by atoms with Gasteiger partial charge in [0.15, 0.2) is 0 Å². The summed E-state index contributed by atoms with van der Waals surface area (Å²) in [6.07, 6.45) is -0.000930. The summed E-state index contributed by atoms with van der Waals surface area (Å²) >= 11 is 0. The normalized spacial score (nSPS) is 17.4. The number of hydrogen-bond donors (Lipinski definition) is 1. The lowest BCUT2D eigenvalue weighted by Gasteiger charge is -2.17. The highest BCUT2D eigenvalue weighted by Crippen LogP contribution is 2.24. The van der Waals surface area contributed by atoms with E-state index in [1.165, 1.54) is 59.5 Å². The third-order valence-electron chi connectivity index (χ3n) is 4.49. The molecule has 1 aromatic heterocycles. The maximum atomic E-state index is 13.1. The highest BCUT2D eigenvalue weighted by atomic mass is 32.2. The van der Waals surface area contributed by atoms with Gasteiger partial charge >= 0.3 is 5.63 Å². The molecule has 28 heavy (non-hydrogen) atoms. The van der Waals surface area contributed by atoms with Crippen molar-refractivity contribution in [3.63, 3.8) is 0 Å². The number of rotatable bonds is 4. The van der Waals surface area contributed by atoms with E-state index in [0.29, 0.717) is 11.1 Å². The van der Waals surface area contributed by atoms with Crippen LogP contribution in [0.1, 0.15) is 6.42 Å². The molecule has 1 atom stereocenters. The molecule has 0 aliphatic carbocycles. The summed E-state index contributed by atoms with van der Waals surface area (Å²) in [6.45, 7) is 0.145. The molecule has 1 amide bonds. The first-order chi connectivity index (χ1) is 13.3. The van der Waals surface area contributed by atoms with Crippen LogP contribution in [0.15, 0.2) is 68.7 Å². The van der Waals surface area contributed by atoms with Crippen LogP contribution in [0, 0.1) is 5.82 Å². The van der Waals surface area contributed by atoms with Crippen LogP contribution in [0.4, 0.5) is 10.1 Å². The molecule has 4 rings (SSSR count). The van der Waals surface area contributed by atoms with Crippen LogP contribution in [0.25, 0.3) is 11.0 Å². The average molecular weight is 402 g/mol. The van der Waals surface area contributed by atoms with E-state index < -0.39 is 27.5 Å². The zero-order valence-electron chi connectivity index (χ0n) is 14.5. The second-order valence-electron chi connectivity index (χ2n) is 6.46. The van der Waals surface area contributed by atoms with Crippen LogP contribution in [-0.2, 0) is 14.8 Å². The molecule has 3 aromatic rings. The van der Waals surface area contributed by atoms with Crippen molar-refractivity contribution in [1.29, 1.82) is 0 Å². The molecular formula is C19H15FN2O5S. The molecule has 144 valence electrons. The van der Waals surface area contributed by atoms with E-state index in [1.54, 1.807) is 0 Å². The first kappa shape index (κ1) is 18.3. The lowest BCUT2D eigenvalue weighted by Crippen LogP contribution is -2.37. The summed E-state index contributed by atoms with van der Waals surface area (Å²) in [4.78, 5) is 24.9. The second-order valence-corrected chi connectivity index (χ2v) is 8.17. The van der Waals surface area contributed by atoms with Gasteiger partial charge in [0.25, 0.3) is 0 Å². The third-order valence-corrected chi connectivity index (χ3v) is 6.00. The number of amides is 1. The molecule has 0 radical (unpaired) electrons. The number of nitrogens with zero attached hydrogens (tertiary/aromatic N) is 1. The Balaban J connectivity index is 1.55. The largest absolute Gasteiger partial charge is 0.423 e. The fourth-order valence-corrected chi connectivity index (χ4v) is 4.42. The van der Waals surface area contributed by atoms with Gasteiger partial charge in [0.05, 0.1) is 4.90 Å². The van der Waals surface area contributed by atoms with Crippen molar-refractivity contribution in [2.75, 3.05) is 11.4 Å². The van der Waals surface area contributed by atoms with Crippen LogP contribution in [0.5, 0.6) is 0 Å². The molecule has 2 aromatic carbocycles. The Morgan fingerprint density at radius 1 is 1.04 bits per heavy atom. The average Bonchev–Trinajstić information content (AvgIpc) is 3.01. The SMILES string of the molecule is O=C1CC(NS(=O)(=O)c2ccc3oc(=O)ccc3c2)CN1c1ccc(F)cc1. The smallest absolute Gasteiger partial charge is 0.336 e. The predicted octanol–water partition coefficient (Wildman–Crippen LogP) is 2.02. The first-order valence-corrected chi connectivity index (χ1v) is 9.92. The highest BCUT2D eigenvalue weighted by molar-refractivity contribution is 7.89. The molecule has 1 aliphatic rings. The monoisotopic (exact) mass is 402 g/mol. The molecule has 0 saturated carbocycles. The van der Waals surface area contributed by atoms with Crippen molar-refractivity contribution in [3.8, 4) is 0 Å². The number of carbonyl (C=O) groups is 1. The molecule has 1 unspecified atom stereocenters. The fourth-order valence-electron chi connectivity index (χ4n) is 3.16. The van der Waals surface area contributed by atoms with Gasteiger partial charge in [-0.3, -0.25) is 4.79 Å². The molecular weight excluding hydrogens is 387 g/mol. The Hall–Kier alpha value is -3.04. The minimum absolute atomic E-state index is 0.000930. The molecule has 1 saturated heterocycles. The van der Waals surface area contributed by atoms with E-state index in [4.69, 9.17) is 4.42 Å². The van der Waals surface area contributed by atoms with Crippen LogP contribution in [0.3, 0.4) is 0 Å². The maximum absolute atomic E-state index is 13.1. The fraction of sp³-hybridized carbons (Fsp3) is 0.158. The standard InChI is InChI=1S/C19H15FN2O5S/c20-13-2-4-15(5-3-13)22-11-14(10-18(22)23)21-28(25,26)16-6-7-17-12(9-16)1-8-19(24)27-17/h1-9,14,21H,10-11H2. The van der Waals surface area contributed by atoms with E-state index in [2.05, 4.69) is 4.72 Å². The lowest BCUT2D eigenvalue weighted by atomic mass is 10.2. The number of halogens is 1. The van der Waals surface area contributed by atoms with Gasteiger partial charge in [0.1, 0.15) is 11.4 Å². The second kappa shape index (κ2) is 6.84. The number of hydrogen-bond acceptors (Lipinski definition) is 5. The summed E-state index contributed by atoms with van der Waals surface area (Å²) in [5, 5.41) is 0.470. The Morgan fingerprint density at radius 2 is 1.79 bits per heavy atom. The molecule has 2 heterocycles. The van der Waals surface area contributed by atoms with Gasteiger partial charge in [-0.05, 0) is 48.5 Å². The number of benzene rings is 2. The predicted molar refractivity (Wildman–Crippen MR) is 100.0 cm³/mol. The number of sulfonamides is 1. The maximum Gasteiger partial charge on any atom is 0.336 e. The molecule has 1 aliphatic heterocycles. The van der Waals surface area contributed by atoms with E-state index in [0.717, 1.165) is 0 Å². The summed E-state index contributed by atoms with van der Waals surface area (Å²) in [5.41, 5.74) is 0.269. The van der Waals surface area contributed by atoms with E-state index >= 15 is 0 Å². The number of carbonyl (C=O) groups excluding carboxylic acids is 1. The van der Waals surface area contributed by atoms with E-state index in [1.807, 2.05) is 0 Å². The Kier molecular flexibility index (Phi) is 4.48. The molecule has 9 heteroatoms. The molecule has 7 nitrogen and oxygen atoms in total. The van der Waals surface area contributed by atoms with Crippen molar-refractivity contribution in [1.82, 2.24) is 4.72 Å². The van der Waals surface area contributed by atoms with Gasteiger partial charge < -0.3 is 9.32 Å². The van der Waals surface area contributed by atoms with Crippen LogP contribution < -0.4 is 15.2 Å². The van der Waals surface area contributed by atoms with E-state index in [-0.39, 0.29) is 29.4 Å². The Bertz CT molecular complexity index is 1220. The third kappa shape index (κ3) is 3.54. The Labute approximate surface area is 159 Å². The van der Waals surface area contributed by atoms with Crippen molar-refractivity contribution < 1.29 is 22.0 Å².